The molecule has 1 nitrogen and oxygen atoms in total. The van der Waals surface area contributed by atoms with Gasteiger partial charge in [0.2, 0.25) is 0 Å². The summed E-state index contributed by atoms with van der Waals surface area (Å²) in [5, 5.41) is 0. The van der Waals surface area contributed by atoms with Crippen LogP contribution in [-0.2, 0) is 6.42 Å². The Labute approximate surface area is 195 Å². The van der Waals surface area contributed by atoms with E-state index in [9.17, 15) is 0 Å². The van der Waals surface area contributed by atoms with E-state index in [2.05, 4.69) is 121 Å². The molecular formula is C32H25N. The Hall–Kier alpha value is -3.84. The van der Waals surface area contributed by atoms with Crippen LogP contribution in [0, 0.1) is 6.92 Å². The van der Waals surface area contributed by atoms with Gasteiger partial charge < -0.3 is 4.90 Å². The van der Waals surface area contributed by atoms with Gasteiger partial charge in [-0.25, -0.2) is 0 Å². The van der Waals surface area contributed by atoms with Crippen molar-refractivity contribution in [3.8, 4) is 11.1 Å². The average Bonchev–Trinajstić information content (AvgIpc) is 3.39. The number of allylic oxidation sites excluding steroid dienone is 2. The fourth-order valence-electron chi connectivity index (χ4n) is 5.96. The number of benzene rings is 4. The van der Waals surface area contributed by atoms with Crippen molar-refractivity contribution in [3.05, 3.63) is 137 Å². The molecule has 0 amide bonds. The molecule has 2 unspecified atom stereocenters. The summed E-state index contributed by atoms with van der Waals surface area (Å²) < 4.78 is 0. The van der Waals surface area contributed by atoms with E-state index in [4.69, 9.17) is 0 Å². The maximum absolute atomic E-state index is 2.53. The Morgan fingerprint density at radius 2 is 1.48 bits per heavy atom. The summed E-state index contributed by atoms with van der Waals surface area (Å²) in [7, 11) is 0. The summed E-state index contributed by atoms with van der Waals surface area (Å²) in [5.41, 5.74) is 13.7. The Bertz CT molecular complexity index is 1470. The SMILES string of the molecule is Cc1ccccc1N1c2ccccc2C2C=C(c3ccc4c(c3)-c3ccccc3C4)C=CC21. The van der Waals surface area contributed by atoms with Gasteiger partial charge in [-0.05, 0) is 76.1 Å². The monoisotopic (exact) mass is 423 g/mol. The summed E-state index contributed by atoms with van der Waals surface area (Å²) in [6, 6.07) is 33.8. The third-order valence-electron chi connectivity index (χ3n) is 7.56. The maximum Gasteiger partial charge on any atom is 0.0630 e. The summed E-state index contributed by atoms with van der Waals surface area (Å²) >= 11 is 0. The zero-order valence-electron chi connectivity index (χ0n) is 18.7. The molecule has 0 aromatic heterocycles. The minimum absolute atomic E-state index is 0.308. The lowest BCUT2D eigenvalue weighted by molar-refractivity contribution is 0.746. The number of aryl methyl sites for hydroxylation is 1. The lowest BCUT2D eigenvalue weighted by Crippen LogP contribution is -2.29. The van der Waals surface area contributed by atoms with Crippen LogP contribution in [0.2, 0.25) is 0 Å². The van der Waals surface area contributed by atoms with E-state index in [0.717, 1.165) is 6.42 Å². The quantitative estimate of drug-likeness (QED) is 0.280. The molecule has 0 fully saturated rings. The van der Waals surface area contributed by atoms with Crippen LogP contribution >= 0.6 is 0 Å². The van der Waals surface area contributed by atoms with E-state index in [0.29, 0.717) is 12.0 Å². The van der Waals surface area contributed by atoms with Gasteiger partial charge in [-0.2, -0.15) is 0 Å². The van der Waals surface area contributed by atoms with Crippen molar-refractivity contribution in [2.24, 2.45) is 0 Å². The molecule has 0 bridgehead atoms. The molecule has 1 heterocycles. The van der Waals surface area contributed by atoms with Gasteiger partial charge in [0.25, 0.3) is 0 Å². The summed E-state index contributed by atoms with van der Waals surface area (Å²) in [6.45, 7) is 2.21. The highest BCUT2D eigenvalue weighted by Crippen LogP contribution is 2.50. The first-order valence-corrected chi connectivity index (χ1v) is 11.8. The molecule has 0 spiro atoms. The van der Waals surface area contributed by atoms with Gasteiger partial charge >= 0.3 is 0 Å². The van der Waals surface area contributed by atoms with E-state index in [1.54, 1.807) is 0 Å². The maximum atomic E-state index is 2.53. The Morgan fingerprint density at radius 3 is 2.39 bits per heavy atom. The summed E-state index contributed by atoms with van der Waals surface area (Å²) in [6.07, 6.45) is 8.28. The molecular weight excluding hydrogens is 398 g/mol. The minimum atomic E-state index is 0.308. The first-order chi connectivity index (χ1) is 16.3. The molecule has 4 aromatic rings. The van der Waals surface area contributed by atoms with E-state index >= 15 is 0 Å². The van der Waals surface area contributed by atoms with Crippen molar-refractivity contribution < 1.29 is 0 Å². The van der Waals surface area contributed by atoms with Gasteiger partial charge in [0, 0.05) is 17.3 Å². The summed E-state index contributed by atoms with van der Waals surface area (Å²) in [5.74, 6) is 0.348. The van der Waals surface area contributed by atoms with E-state index in [-0.39, 0.29) is 0 Å². The molecule has 0 saturated carbocycles. The third-order valence-corrected chi connectivity index (χ3v) is 7.56. The van der Waals surface area contributed by atoms with Crippen LogP contribution in [0.4, 0.5) is 11.4 Å². The summed E-state index contributed by atoms with van der Waals surface area (Å²) in [4.78, 5) is 2.53. The van der Waals surface area contributed by atoms with Crippen LogP contribution in [-0.4, -0.2) is 6.04 Å². The lowest BCUT2D eigenvalue weighted by Gasteiger charge is -2.31. The van der Waals surface area contributed by atoms with Gasteiger partial charge in [-0.3, -0.25) is 0 Å². The molecule has 3 aliphatic rings. The molecule has 0 N–H and O–H groups in total. The molecule has 4 aromatic carbocycles. The first-order valence-electron chi connectivity index (χ1n) is 11.8. The number of para-hydroxylation sites is 2. The Kier molecular flexibility index (Phi) is 4.01. The van der Waals surface area contributed by atoms with Gasteiger partial charge in [0.05, 0.1) is 6.04 Å². The molecule has 1 heteroatoms. The van der Waals surface area contributed by atoms with Crippen molar-refractivity contribution in [2.45, 2.75) is 25.3 Å². The highest BCUT2D eigenvalue weighted by Gasteiger charge is 2.38. The molecule has 0 saturated heterocycles. The lowest BCUT2D eigenvalue weighted by atomic mass is 9.85. The molecule has 2 atom stereocenters. The highest BCUT2D eigenvalue weighted by atomic mass is 15.2. The smallest absolute Gasteiger partial charge is 0.0630 e. The van der Waals surface area contributed by atoms with Crippen molar-refractivity contribution in [2.75, 3.05) is 4.90 Å². The van der Waals surface area contributed by atoms with E-state index in [1.165, 1.54) is 55.9 Å². The molecule has 158 valence electrons. The van der Waals surface area contributed by atoms with Gasteiger partial charge in [-0.15, -0.1) is 0 Å². The molecule has 1 aliphatic heterocycles. The van der Waals surface area contributed by atoms with Crippen LogP contribution < -0.4 is 4.90 Å². The topological polar surface area (TPSA) is 3.24 Å². The van der Waals surface area contributed by atoms with Crippen molar-refractivity contribution in [3.63, 3.8) is 0 Å². The number of rotatable bonds is 2. The van der Waals surface area contributed by atoms with Crippen LogP contribution in [0.25, 0.3) is 16.7 Å². The van der Waals surface area contributed by atoms with Gasteiger partial charge in [0.1, 0.15) is 0 Å². The first kappa shape index (κ1) is 18.7. The van der Waals surface area contributed by atoms with Crippen molar-refractivity contribution in [1.29, 1.82) is 0 Å². The zero-order valence-corrected chi connectivity index (χ0v) is 18.7. The predicted molar refractivity (Wildman–Crippen MR) is 138 cm³/mol. The second kappa shape index (κ2) is 7.08. The highest BCUT2D eigenvalue weighted by molar-refractivity contribution is 5.86. The number of hydrogen-bond acceptors (Lipinski definition) is 1. The third kappa shape index (κ3) is 2.79. The molecule has 33 heavy (non-hydrogen) atoms. The largest absolute Gasteiger partial charge is 0.333 e. The Balaban J connectivity index is 1.32. The fraction of sp³-hybridized carbons (Fsp3) is 0.125. The van der Waals surface area contributed by atoms with Crippen LogP contribution in [0.15, 0.2) is 109 Å². The van der Waals surface area contributed by atoms with E-state index in [1.807, 2.05) is 0 Å². The number of anilines is 2. The fourth-order valence-corrected chi connectivity index (χ4v) is 5.96. The molecule has 2 aliphatic carbocycles. The average molecular weight is 424 g/mol. The minimum Gasteiger partial charge on any atom is -0.333 e. The number of hydrogen-bond donors (Lipinski definition) is 0. The van der Waals surface area contributed by atoms with Gasteiger partial charge in [0.15, 0.2) is 0 Å². The molecule has 0 radical (unpaired) electrons. The zero-order chi connectivity index (χ0) is 21.9. The molecule has 7 rings (SSSR count). The van der Waals surface area contributed by atoms with Crippen molar-refractivity contribution >= 4 is 16.9 Å². The van der Waals surface area contributed by atoms with Crippen molar-refractivity contribution in [1.82, 2.24) is 0 Å². The predicted octanol–water partition coefficient (Wildman–Crippen LogP) is 7.82. The van der Waals surface area contributed by atoms with Crippen LogP contribution in [0.3, 0.4) is 0 Å². The second-order valence-electron chi connectivity index (χ2n) is 9.42. The second-order valence-corrected chi connectivity index (χ2v) is 9.42. The van der Waals surface area contributed by atoms with E-state index < -0.39 is 0 Å². The van der Waals surface area contributed by atoms with Gasteiger partial charge in [-0.1, -0.05) is 91.0 Å². The number of fused-ring (bicyclic) bond motifs is 6. The van der Waals surface area contributed by atoms with Crippen LogP contribution in [0.1, 0.15) is 33.7 Å². The normalized spacial score (nSPS) is 19.5. The Morgan fingerprint density at radius 1 is 0.727 bits per heavy atom. The van der Waals surface area contributed by atoms with Crippen LogP contribution in [0.5, 0.6) is 0 Å². The number of nitrogens with zero attached hydrogens (tertiary/aromatic N) is 1. The standard InChI is InChI=1S/C32H25N/c1-21-8-2-6-12-30(21)33-31-13-7-5-11-27(31)29-20-23(16-17-32(29)33)22-14-15-25-18-24-9-3-4-10-26(24)28(25)19-22/h2-17,19-20,29,32H,18H2,1H3.